The van der Waals surface area contributed by atoms with Crippen molar-refractivity contribution in [1.29, 1.82) is 0 Å². The number of nitrogen functional groups attached to an aromatic ring is 1. The molecule has 4 heteroatoms. The van der Waals surface area contributed by atoms with E-state index in [0.717, 1.165) is 24.6 Å². The zero-order valence-corrected chi connectivity index (χ0v) is 10.2. The van der Waals surface area contributed by atoms with Gasteiger partial charge in [0.15, 0.2) is 0 Å². The van der Waals surface area contributed by atoms with Gasteiger partial charge in [-0.1, -0.05) is 12.8 Å². The van der Waals surface area contributed by atoms with Crippen molar-refractivity contribution in [2.75, 3.05) is 19.3 Å². The number of nitrogens with two attached hydrogens (primary N) is 1. The van der Waals surface area contributed by atoms with Crippen molar-refractivity contribution >= 4 is 11.6 Å². The Morgan fingerprint density at radius 2 is 2.29 bits per heavy atom. The molecule has 1 saturated carbocycles. The summed E-state index contributed by atoms with van der Waals surface area (Å²) in [5, 5.41) is 0. The van der Waals surface area contributed by atoms with Crippen molar-refractivity contribution in [3.05, 3.63) is 24.0 Å². The largest absolute Gasteiger partial charge is 0.397 e. The molecule has 2 rings (SSSR count). The van der Waals surface area contributed by atoms with Crippen molar-refractivity contribution in [3.63, 3.8) is 0 Å². The third kappa shape index (κ3) is 3.73. The van der Waals surface area contributed by atoms with Crippen molar-refractivity contribution in [2.24, 2.45) is 5.92 Å². The monoisotopic (exact) mass is 233 g/mol. The van der Waals surface area contributed by atoms with E-state index < -0.39 is 0 Å². The van der Waals surface area contributed by atoms with Crippen LogP contribution in [0.2, 0.25) is 0 Å². The van der Waals surface area contributed by atoms with Crippen LogP contribution in [0, 0.1) is 5.92 Å². The third-order valence-electron chi connectivity index (χ3n) is 3.18. The number of carbonyl (C=O) groups excluding carboxylic acids is 1. The quantitative estimate of drug-likeness (QED) is 0.837. The molecular weight excluding hydrogens is 214 g/mol. The van der Waals surface area contributed by atoms with Crippen molar-refractivity contribution in [1.82, 2.24) is 9.88 Å². The molecular formula is C13H19N3O. The Kier molecular flexibility index (Phi) is 3.61. The highest BCUT2D eigenvalue weighted by atomic mass is 16.2. The molecule has 0 aromatic carbocycles. The Balaban J connectivity index is 1.80. The lowest BCUT2D eigenvalue weighted by Gasteiger charge is -2.16. The molecule has 0 saturated heterocycles. The van der Waals surface area contributed by atoms with Gasteiger partial charge in [-0.05, 0) is 24.5 Å². The standard InChI is InChI=1S/C13H19N3O/c1-16(7-6-10-2-3-10)13(17)8-12-5-4-11(14)9-15-12/h4-5,9-10H,2-3,6-8,14H2,1H3. The van der Waals surface area contributed by atoms with Crippen molar-refractivity contribution in [3.8, 4) is 0 Å². The number of rotatable bonds is 5. The maximum atomic E-state index is 11.9. The van der Waals surface area contributed by atoms with Gasteiger partial charge in [-0.3, -0.25) is 9.78 Å². The Labute approximate surface area is 102 Å². The lowest BCUT2D eigenvalue weighted by atomic mass is 10.2. The lowest BCUT2D eigenvalue weighted by Crippen LogP contribution is -2.29. The molecule has 0 spiro atoms. The van der Waals surface area contributed by atoms with E-state index in [1.54, 1.807) is 17.2 Å². The summed E-state index contributed by atoms with van der Waals surface area (Å²) in [6.07, 6.45) is 5.76. The molecule has 17 heavy (non-hydrogen) atoms. The second-order valence-corrected chi connectivity index (χ2v) is 4.81. The van der Waals surface area contributed by atoms with Gasteiger partial charge in [0.2, 0.25) is 5.91 Å². The second-order valence-electron chi connectivity index (χ2n) is 4.81. The predicted molar refractivity (Wildman–Crippen MR) is 67.3 cm³/mol. The molecule has 1 aromatic heterocycles. The lowest BCUT2D eigenvalue weighted by molar-refractivity contribution is -0.129. The number of pyridine rings is 1. The second kappa shape index (κ2) is 5.17. The first-order chi connectivity index (χ1) is 8.15. The molecule has 1 aromatic rings. The Morgan fingerprint density at radius 3 is 2.88 bits per heavy atom. The number of anilines is 1. The van der Waals surface area contributed by atoms with Crippen LogP contribution in [-0.4, -0.2) is 29.4 Å². The first kappa shape index (κ1) is 11.9. The molecule has 0 unspecified atom stereocenters. The van der Waals surface area contributed by atoms with E-state index in [1.807, 2.05) is 13.1 Å². The summed E-state index contributed by atoms with van der Waals surface area (Å²) in [7, 11) is 1.86. The molecule has 0 radical (unpaired) electrons. The van der Waals surface area contributed by atoms with Gasteiger partial charge in [0.05, 0.1) is 18.3 Å². The Hall–Kier alpha value is -1.58. The molecule has 1 amide bonds. The molecule has 1 aliphatic carbocycles. The van der Waals surface area contributed by atoms with Crippen LogP contribution < -0.4 is 5.73 Å². The maximum Gasteiger partial charge on any atom is 0.228 e. The van der Waals surface area contributed by atoms with E-state index in [-0.39, 0.29) is 5.91 Å². The molecule has 1 fully saturated rings. The van der Waals surface area contributed by atoms with Gasteiger partial charge in [0, 0.05) is 19.3 Å². The summed E-state index contributed by atoms with van der Waals surface area (Å²) in [6, 6.07) is 3.59. The van der Waals surface area contributed by atoms with E-state index >= 15 is 0 Å². The Bertz CT molecular complexity index is 384. The molecule has 0 aliphatic heterocycles. The summed E-state index contributed by atoms with van der Waals surface area (Å²) in [5.41, 5.74) is 6.96. The van der Waals surface area contributed by atoms with Gasteiger partial charge in [-0.25, -0.2) is 0 Å². The highest BCUT2D eigenvalue weighted by Crippen LogP contribution is 2.32. The van der Waals surface area contributed by atoms with E-state index in [1.165, 1.54) is 12.8 Å². The average molecular weight is 233 g/mol. The molecule has 4 nitrogen and oxygen atoms in total. The van der Waals surface area contributed by atoms with Gasteiger partial charge in [0.25, 0.3) is 0 Å². The van der Waals surface area contributed by atoms with Gasteiger partial charge in [0.1, 0.15) is 0 Å². The smallest absolute Gasteiger partial charge is 0.228 e. The van der Waals surface area contributed by atoms with Crippen LogP contribution in [-0.2, 0) is 11.2 Å². The molecule has 1 aliphatic rings. The summed E-state index contributed by atoms with van der Waals surface area (Å²) in [5.74, 6) is 0.989. The number of aromatic nitrogens is 1. The van der Waals surface area contributed by atoms with E-state index in [9.17, 15) is 4.79 Å². The molecule has 2 N–H and O–H groups in total. The number of amides is 1. The number of nitrogens with zero attached hydrogens (tertiary/aromatic N) is 2. The summed E-state index contributed by atoms with van der Waals surface area (Å²) in [4.78, 5) is 17.8. The van der Waals surface area contributed by atoms with E-state index in [4.69, 9.17) is 5.73 Å². The van der Waals surface area contributed by atoms with E-state index in [0.29, 0.717) is 12.1 Å². The van der Waals surface area contributed by atoms with Crippen LogP contribution in [0.4, 0.5) is 5.69 Å². The van der Waals surface area contributed by atoms with Gasteiger partial charge in [-0.15, -0.1) is 0 Å². The molecule has 1 heterocycles. The van der Waals surface area contributed by atoms with Crippen LogP contribution >= 0.6 is 0 Å². The highest BCUT2D eigenvalue weighted by Gasteiger charge is 2.22. The summed E-state index contributed by atoms with van der Waals surface area (Å²) < 4.78 is 0. The summed E-state index contributed by atoms with van der Waals surface area (Å²) in [6.45, 7) is 0.860. The minimum atomic E-state index is 0.128. The van der Waals surface area contributed by atoms with Crippen molar-refractivity contribution < 1.29 is 4.79 Å². The van der Waals surface area contributed by atoms with Gasteiger partial charge >= 0.3 is 0 Å². The van der Waals surface area contributed by atoms with Gasteiger partial charge in [-0.2, -0.15) is 0 Å². The number of likely N-dealkylation sites (N-methyl/N-ethyl adjacent to an activating group) is 1. The number of hydrogen-bond acceptors (Lipinski definition) is 3. The molecule has 0 atom stereocenters. The molecule has 0 bridgehead atoms. The fraction of sp³-hybridized carbons (Fsp3) is 0.538. The zero-order valence-electron chi connectivity index (χ0n) is 10.2. The van der Waals surface area contributed by atoms with Crippen LogP contribution in [0.15, 0.2) is 18.3 Å². The highest BCUT2D eigenvalue weighted by molar-refractivity contribution is 5.78. The Morgan fingerprint density at radius 1 is 1.53 bits per heavy atom. The predicted octanol–water partition coefficient (Wildman–Crippen LogP) is 1.46. The first-order valence-electron chi connectivity index (χ1n) is 6.09. The number of carbonyl (C=O) groups is 1. The van der Waals surface area contributed by atoms with Crippen LogP contribution in [0.5, 0.6) is 0 Å². The minimum Gasteiger partial charge on any atom is -0.397 e. The zero-order chi connectivity index (χ0) is 12.3. The number of hydrogen-bond donors (Lipinski definition) is 1. The average Bonchev–Trinajstić information content (AvgIpc) is 3.13. The van der Waals surface area contributed by atoms with Crippen LogP contribution in [0.25, 0.3) is 0 Å². The maximum absolute atomic E-state index is 11.9. The summed E-state index contributed by atoms with van der Waals surface area (Å²) >= 11 is 0. The normalized spacial score (nSPS) is 14.6. The molecule has 92 valence electrons. The minimum absolute atomic E-state index is 0.128. The van der Waals surface area contributed by atoms with Crippen molar-refractivity contribution in [2.45, 2.75) is 25.7 Å². The van der Waals surface area contributed by atoms with E-state index in [2.05, 4.69) is 4.98 Å². The van der Waals surface area contributed by atoms with Crippen LogP contribution in [0.1, 0.15) is 25.0 Å². The van der Waals surface area contributed by atoms with Crippen LogP contribution in [0.3, 0.4) is 0 Å². The topological polar surface area (TPSA) is 59.2 Å². The fourth-order valence-electron chi connectivity index (χ4n) is 1.74. The fourth-order valence-corrected chi connectivity index (χ4v) is 1.74. The van der Waals surface area contributed by atoms with Gasteiger partial charge < -0.3 is 10.6 Å². The SMILES string of the molecule is CN(CCC1CC1)C(=O)Cc1ccc(N)cn1. The first-order valence-corrected chi connectivity index (χ1v) is 6.09. The third-order valence-corrected chi connectivity index (χ3v) is 3.18.